The number of anilines is 1. The second-order valence-electron chi connectivity index (χ2n) is 9.09. The monoisotopic (exact) mass is 527 g/mol. The Balaban J connectivity index is 1.71. The zero-order valence-corrected chi connectivity index (χ0v) is 21.0. The van der Waals surface area contributed by atoms with Crippen LogP contribution in [0.1, 0.15) is 36.8 Å². The summed E-state index contributed by atoms with van der Waals surface area (Å²) in [5, 5.41) is 23.8. The summed E-state index contributed by atoms with van der Waals surface area (Å²) < 4.78 is 62.0. The van der Waals surface area contributed by atoms with Gasteiger partial charge in [0.2, 0.25) is 10.0 Å². The van der Waals surface area contributed by atoms with Crippen molar-refractivity contribution >= 4 is 21.4 Å². The number of aliphatic hydroxyl groups excluding tert-OH is 1. The summed E-state index contributed by atoms with van der Waals surface area (Å²) in [7, 11) is -2.77. The summed E-state index contributed by atoms with van der Waals surface area (Å²) in [6, 6.07) is 6.81. The molecule has 0 bridgehead atoms. The number of alkyl halides is 1. The average Bonchev–Trinajstić information content (AvgIpc) is 2.83. The predicted octanol–water partition coefficient (Wildman–Crippen LogP) is 3.87. The van der Waals surface area contributed by atoms with E-state index in [0.717, 1.165) is 0 Å². The molecular formula is C24H31F2N3O6S. The van der Waals surface area contributed by atoms with Gasteiger partial charge in [-0.3, -0.25) is 10.1 Å². The van der Waals surface area contributed by atoms with E-state index >= 15 is 4.39 Å². The number of aliphatic hydroxyl groups is 1. The number of nitrogens with zero attached hydrogens (tertiary/aromatic N) is 1. The Morgan fingerprint density at radius 1 is 1.25 bits per heavy atom. The average molecular weight is 528 g/mol. The van der Waals surface area contributed by atoms with Crippen molar-refractivity contribution in [1.82, 2.24) is 4.72 Å². The molecule has 2 aromatic carbocycles. The lowest BCUT2D eigenvalue weighted by Crippen LogP contribution is -2.37. The predicted molar refractivity (Wildman–Crippen MR) is 131 cm³/mol. The Morgan fingerprint density at radius 2 is 1.94 bits per heavy atom. The number of hydrogen-bond donors (Lipinski definition) is 3. The van der Waals surface area contributed by atoms with Crippen LogP contribution in [0.5, 0.6) is 5.75 Å². The van der Waals surface area contributed by atoms with Gasteiger partial charge in [-0.25, -0.2) is 21.9 Å². The molecule has 12 heteroatoms. The largest absolute Gasteiger partial charge is 0.494 e. The minimum absolute atomic E-state index is 0.00906. The molecule has 0 aliphatic heterocycles. The topological polar surface area (TPSA) is 131 Å². The molecule has 0 saturated heterocycles. The van der Waals surface area contributed by atoms with Gasteiger partial charge in [-0.15, -0.1) is 0 Å². The molecule has 1 fully saturated rings. The van der Waals surface area contributed by atoms with Crippen LogP contribution in [0.15, 0.2) is 35.2 Å². The van der Waals surface area contributed by atoms with Crippen molar-refractivity contribution < 1.29 is 32.0 Å². The summed E-state index contributed by atoms with van der Waals surface area (Å²) in [5.41, 5.74) is -1.51. The lowest BCUT2D eigenvalue weighted by atomic mass is 9.80. The van der Waals surface area contributed by atoms with Crippen molar-refractivity contribution in [2.24, 2.45) is 5.92 Å². The van der Waals surface area contributed by atoms with Crippen LogP contribution in [-0.4, -0.2) is 50.9 Å². The molecule has 0 atom stereocenters. The van der Waals surface area contributed by atoms with Crippen molar-refractivity contribution in [3.8, 4) is 5.75 Å². The van der Waals surface area contributed by atoms with Crippen molar-refractivity contribution in [2.45, 2.75) is 49.6 Å². The van der Waals surface area contributed by atoms with Gasteiger partial charge in [-0.2, -0.15) is 0 Å². The lowest BCUT2D eigenvalue weighted by molar-refractivity contribution is -0.384. The molecule has 3 rings (SSSR count). The number of rotatable bonds is 11. The van der Waals surface area contributed by atoms with E-state index in [0.29, 0.717) is 18.4 Å². The van der Waals surface area contributed by atoms with Gasteiger partial charge in [0.05, 0.1) is 16.9 Å². The molecule has 0 amide bonds. The highest BCUT2D eigenvalue weighted by Gasteiger charge is 2.36. The summed E-state index contributed by atoms with van der Waals surface area (Å²) in [5.74, 6) is -0.428. The molecule has 9 nitrogen and oxygen atoms in total. The summed E-state index contributed by atoms with van der Waals surface area (Å²) >= 11 is 0. The van der Waals surface area contributed by atoms with Gasteiger partial charge in [0.25, 0.3) is 5.69 Å². The van der Waals surface area contributed by atoms with Gasteiger partial charge in [-0.1, -0.05) is 6.07 Å². The number of benzene rings is 2. The van der Waals surface area contributed by atoms with Crippen molar-refractivity contribution in [3.05, 3.63) is 57.4 Å². The summed E-state index contributed by atoms with van der Waals surface area (Å²) in [6.07, 6.45) is 1.71. The Labute approximate surface area is 209 Å². The Kier molecular flexibility index (Phi) is 8.85. The van der Waals surface area contributed by atoms with Gasteiger partial charge < -0.3 is 15.2 Å². The molecular weight excluding hydrogens is 496 g/mol. The standard InChI is InChI=1S/C24H31F2N3O6S/c1-16-22(36(33,34)28-12-9-17-3-5-21(35-2)19(25)13-17)6-4-20(23(16)29(31)32)27-15-24(26)10-7-18(14-30)8-11-24/h3-6,13,18,27-28,30H,7-12,14-15H2,1-2H3. The van der Waals surface area contributed by atoms with Gasteiger partial charge >= 0.3 is 0 Å². The number of nitrogens with one attached hydrogen (secondary N) is 2. The number of nitro groups is 1. The first-order valence-corrected chi connectivity index (χ1v) is 13.1. The van der Waals surface area contributed by atoms with Gasteiger partial charge in [0.15, 0.2) is 11.6 Å². The zero-order chi connectivity index (χ0) is 26.5. The molecule has 0 aromatic heterocycles. The van der Waals surface area contributed by atoms with Crippen molar-refractivity contribution in [2.75, 3.05) is 32.1 Å². The highest BCUT2D eigenvalue weighted by Crippen LogP contribution is 2.37. The highest BCUT2D eigenvalue weighted by atomic mass is 32.2. The Morgan fingerprint density at radius 3 is 2.53 bits per heavy atom. The number of hydrogen-bond acceptors (Lipinski definition) is 7. The van der Waals surface area contributed by atoms with Crippen LogP contribution >= 0.6 is 0 Å². The SMILES string of the molecule is COc1ccc(CCNS(=O)(=O)c2ccc(NCC3(F)CCC(CO)CC3)c([N+](=O)[O-])c2C)cc1F. The van der Waals surface area contributed by atoms with Crippen LogP contribution in [0.2, 0.25) is 0 Å². The quantitative estimate of drug-likeness (QED) is 0.299. The number of sulfonamides is 1. The van der Waals surface area contributed by atoms with Gasteiger partial charge in [0.1, 0.15) is 11.4 Å². The Hall–Kier alpha value is -2.83. The second-order valence-corrected chi connectivity index (χ2v) is 10.8. The van der Waals surface area contributed by atoms with E-state index in [9.17, 15) is 28.0 Å². The number of halogens is 2. The van der Waals surface area contributed by atoms with Crippen LogP contribution in [0.4, 0.5) is 20.2 Å². The molecule has 1 aliphatic carbocycles. The fourth-order valence-electron chi connectivity index (χ4n) is 4.43. The molecule has 0 heterocycles. The molecule has 1 aliphatic rings. The van der Waals surface area contributed by atoms with Crippen LogP contribution < -0.4 is 14.8 Å². The third-order valence-electron chi connectivity index (χ3n) is 6.63. The van der Waals surface area contributed by atoms with Crippen molar-refractivity contribution in [3.63, 3.8) is 0 Å². The van der Waals surface area contributed by atoms with E-state index in [2.05, 4.69) is 10.0 Å². The molecule has 2 aromatic rings. The minimum atomic E-state index is -4.11. The van der Waals surface area contributed by atoms with E-state index in [1.54, 1.807) is 6.07 Å². The van der Waals surface area contributed by atoms with Gasteiger partial charge in [-0.05, 0) is 74.8 Å². The van der Waals surface area contributed by atoms with E-state index in [1.807, 2.05) is 0 Å². The maximum Gasteiger partial charge on any atom is 0.296 e. The number of methoxy groups -OCH3 is 1. The molecule has 0 radical (unpaired) electrons. The zero-order valence-electron chi connectivity index (χ0n) is 20.2. The van der Waals surface area contributed by atoms with Crippen LogP contribution in [0, 0.1) is 28.8 Å². The molecule has 36 heavy (non-hydrogen) atoms. The third kappa shape index (κ3) is 6.48. The molecule has 198 valence electrons. The third-order valence-corrected chi connectivity index (χ3v) is 8.24. The number of nitro benzene ring substituents is 1. The first kappa shape index (κ1) is 27.8. The van der Waals surface area contributed by atoms with Crippen molar-refractivity contribution in [1.29, 1.82) is 0 Å². The smallest absolute Gasteiger partial charge is 0.296 e. The van der Waals surface area contributed by atoms with E-state index in [4.69, 9.17) is 4.74 Å². The van der Waals surface area contributed by atoms with Gasteiger partial charge in [0, 0.05) is 25.3 Å². The highest BCUT2D eigenvalue weighted by molar-refractivity contribution is 7.89. The summed E-state index contributed by atoms with van der Waals surface area (Å²) in [4.78, 5) is 10.8. The fraction of sp³-hybridized carbons (Fsp3) is 0.500. The maximum atomic E-state index is 15.2. The first-order chi connectivity index (χ1) is 17.0. The molecule has 1 saturated carbocycles. The molecule has 0 spiro atoms. The lowest BCUT2D eigenvalue weighted by Gasteiger charge is -2.33. The fourth-order valence-corrected chi connectivity index (χ4v) is 5.70. The van der Waals surface area contributed by atoms with Crippen LogP contribution in [0.25, 0.3) is 0 Å². The Bertz CT molecular complexity index is 1200. The number of ether oxygens (including phenoxy) is 1. The minimum Gasteiger partial charge on any atom is -0.494 e. The molecule has 3 N–H and O–H groups in total. The first-order valence-electron chi connectivity index (χ1n) is 11.6. The van der Waals surface area contributed by atoms with Crippen LogP contribution in [0.3, 0.4) is 0 Å². The van der Waals surface area contributed by atoms with Crippen LogP contribution in [-0.2, 0) is 16.4 Å². The van der Waals surface area contributed by atoms with E-state index in [-0.39, 0.29) is 66.8 Å². The van der Waals surface area contributed by atoms with E-state index < -0.39 is 32.1 Å². The second kappa shape index (κ2) is 11.5. The summed E-state index contributed by atoms with van der Waals surface area (Å²) in [6.45, 7) is 1.12. The normalized spacial score (nSPS) is 20.2. The maximum absolute atomic E-state index is 15.2. The molecule has 0 unspecified atom stereocenters. The van der Waals surface area contributed by atoms with E-state index in [1.165, 1.54) is 38.3 Å².